The SMILES string of the molecule is CCCCC(=O)N(C1CC1)C1CCS(=O)(=O)C1. The molecule has 1 saturated heterocycles. The van der Waals surface area contributed by atoms with Crippen LogP contribution in [0.2, 0.25) is 0 Å². The quantitative estimate of drug-likeness (QED) is 0.749. The summed E-state index contributed by atoms with van der Waals surface area (Å²) in [6, 6.07) is 0.287. The van der Waals surface area contributed by atoms with E-state index in [1.54, 1.807) is 0 Å². The Bertz CT molecular complexity index is 387. The molecule has 1 atom stereocenters. The van der Waals surface area contributed by atoms with Crippen LogP contribution in [0.4, 0.5) is 0 Å². The summed E-state index contributed by atoms with van der Waals surface area (Å²) in [7, 11) is -2.89. The van der Waals surface area contributed by atoms with Crippen molar-refractivity contribution in [2.45, 2.75) is 57.5 Å². The van der Waals surface area contributed by atoms with Crippen LogP contribution in [0.15, 0.2) is 0 Å². The molecule has 17 heavy (non-hydrogen) atoms. The maximum atomic E-state index is 12.1. The van der Waals surface area contributed by atoms with E-state index in [1.807, 2.05) is 4.90 Å². The van der Waals surface area contributed by atoms with Crippen molar-refractivity contribution in [3.05, 3.63) is 0 Å². The summed E-state index contributed by atoms with van der Waals surface area (Å²) >= 11 is 0. The van der Waals surface area contributed by atoms with Gasteiger partial charge in [0.1, 0.15) is 0 Å². The van der Waals surface area contributed by atoms with Crippen molar-refractivity contribution in [1.82, 2.24) is 4.90 Å². The van der Waals surface area contributed by atoms with Gasteiger partial charge < -0.3 is 4.90 Å². The molecule has 1 aliphatic carbocycles. The summed E-state index contributed by atoms with van der Waals surface area (Å²) in [5, 5.41) is 0. The van der Waals surface area contributed by atoms with E-state index in [1.165, 1.54) is 0 Å². The molecule has 2 fully saturated rings. The minimum Gasteiger partial charge on any atom is -0.336 e. The zero-order valence-corrected chi connectivity index (χ0v) is 11.2. The molecule has 0 bridgehead atoms. The summed E-state index contributed by atoms with van der Waals surface area (Å²) in [6.45, 7) is 2.06. The molecule has 0 aromatic carbocycles. The average Bonchev–Trinajstić information content (AvgIpc) is 3.01. The van der Waals surface area contributed by atoms with Crippen LogP contribution in [0.5, 0.6) is 0 Å². The largest absolute Gasteiger partial charge is 0.336 e. The number of sulfone groups is 1. The lowest BCUT2D eigenvalue weighted by Gasteiger charge is -2.28. The van der Waals surface area contributed by atoms with Crippen LogP contribution in [0.1, 0.15) is 45.4 Å². The molecule has 1 saturated carbocycles. The van der Waals surface area contributed by atoms with Crippen LogP contribution >= 0.6 is 0 Å². The first-order valence-corrected chi connectivity index (χ1v) is 8.37. The Kier molecular flexibility index (Phi) is 3.76. The zero-order valence-electron chi connectivity index (χ0n) is 10.4. The number of amides is 1. The van der Waals surface area contributed by atoms with E-state index in [0.29, 0.717) is 18.9 Å². The van der Waals surface area contributed by atoms with Crippen molar-refractivity contribution in [3.8, 4) is 0 Å². The van der Waals surface area contributed by atoms with Gasteiger partial charge in [0.15, 0.2) is 9.84 Å². The van der Waals surface area contributed by atoms with E-state index in [2.05, 4.69) is 6.92 Å². The third kappa shape index (κ3) is 3.21. The third-order valence-electron chi connectivity index (χ3n) is 3.57. The number of nitrogens with zero attached hydrogens (tertiary/aromatic N) is 1. The molecule has 0 N–H and O–H groups in total. The third-order valence-corrected chi connectivity index (χ3v) is 5.32. The van der Waals surface area contributed by atoms with Gasteiger partial charge in [0.05, 0.1) is 11.5 Å². The van der Waals surface area contributed by atoms with Gasteiger partial charge in [-0.25, -0.2) is 8.42 Å². The summed E-state index contributed by atoms with van der Waals surface area (Å²) in [6.07, 6.45) is 5.22. The Hall–Kier alpha value is -0.580. The van der Waals surface area contributed by atoms with Crippen LogP contribution in [0.25, 0.3) is 0 Å². The second-order valence-corrected chi connectivity index (χ2v) is 7.42. The number of unbranched alkanes of at least 4 members (excludes halogenated alkanes) is 1. The van der Waals surface area contributed by atoms with Crippen LogP contribution < -0.4 is 0 Å². The van der Waals surface area contributed by atoms with Crippen molar-refractivity contribution in [2.24, 2.45) is 0 Å². The van der Waals surface area contributed by atoms with E-state index >= 15 is 0 Å². The van der Waals surface area contributed by atoms with E-state index < -0.39 is 9.84 Å². The molecule has 4 nitrogen and oxygen atoms in total. The topological polar surface area (TPSA) is 54.5 Å². The van der Waals surface area contributed by atoms with E-state index in [9.17, 15) is 13.2 Å². The number of rotatable bonds is 5. The minimum atomic E-state index is -2.89. The Morgan fingerprint density at radius 1 is 1.24 bits per heavy atom. The van der Waals surface area contributed by atoms with Gasteiger partial charge in [0.2, 0.25) is 5.91 Å². The van der Waals surface area contributed by atoms with E-state index in [-0.39, 0.29) is 23.5 Å². The first-order chi connectivity index (χ1) is 8.03. The Morgan fingerprint density at radius 3 is 2.41 bits per heavy atom. The van der Waals surface area contributed by atoms with Crippen molar-refractivity contribution >= 4 is 15.7 Å². The standard InChI is InChI=1S/C12H21NO3S/c1-2-3-4-12(14)13(10-5-6-10)11-7-8-17(15,16)9-11/h10-11H,2-9H2,1H3. The van der Waals surface area contributed by atoms with Crippen LogP contribution in [-0.4, -0.2) is 42.8 Å². The van der Waals surface area contributed by atoms with E-state index in [4.69, 9.17) is 0 Å². The lowest BCUT2D eigenvalue weighted by molar-refractivity contribution is -0.133. The predicted octanol–water partition coefficient (Wildman–Crippen LogP) is 1.35. The average molecular weight is 259 g/mol. The molecule has 0 radical (unpaired) electrons. The molecule has 2 rings (SSSR count). The van der Waals surface area contributed by atoms with Gasteiger partial charge >= 0.3 is 0 Å². The lowest BCUT2D eigenvalue weighted by atomic mass is 10.1. The summed E-state index contributed by atoms with van der Waals surface area (Å²) in [5.41, 5.74) is 0. The highest BCUT2D eigenvalue weighted by Crippen LogP contribution is 2.32. The number of hydrogen-bond donors (Lipinski definition) is 0. The van der Waals surface area contributed by atoms with Gasteiger partial charge in [-0.15, -0.1) is 0 Å². The molecule has 1 amide bonds. The highest BCUT2D eigenvalue weighted by molar-refractivity contribution is 7.91. The maximum absolute atomic E-state index is 12.1. The fourth-order valence-electron chi connectivity index (χ4n) is 2.51. The molecule has 5 heteroatoms. The zero-order chi connectivity index (χ0) is 12.5. The van der Waals surface area contributed by atoms with E-state index in [0.717, 1.165) is 25.7 Å². The minimum absolute atomic E-state index is 0.0446. The first kappa shape index (κ1) is 12.9. The summed E-state index contributed by atoms with van der Waals surface area (Å²) < 4.78 is 23.0. The molecule has 1 heterocycles. The Balaban J connectivity index is 2.00. The van der Waals surface area contributed by atoms with Crippen LogP contribution in [0, 0.1) is 0 Å². The van der Waals surface area contributed by atoms with Crippen molar-refractivity contribution in [3.63, 3.8) is 0 Å². The second-order valence-electron chi connectivity index (χ2n) is 5.19. The van der Waals surface area contributed by atoms with Crippen LogP contribution in [-0.2, 0) is 14.6 Å². The summed E-state index contributed by atoms with van der Waals surface area (Å²) in [4.78, 5) is 14.0. The van der Waals surface area contributed by atoms with Crippen LogP contribution in [0.3, 0.4) is 0 Å². The van der Waals surface area contributed by atoms with Crippen molar-refractivity contribution < 1.29 is 13.2 Å². The highest BCUT2D eigenvalue weighted by atomic mass is 32.2. The first-order valence-electron chi connectivity index (χ1n) is 6.55. The van der Waals surface area contributed by atoms with Gasteiger partial charge in [0, 0.05) is 18.5 Å². The Morgan fingerprint density at radius 2 is 1.94 bits per heavy atom. The summed E-state index contributed by atoms with van der Waals surface area (Å²) in [5.74, 6) is 0.597. The second kappa shape index (κ2) is 4.96. The van der Waals surface area contributed by atoms with Crippen molar-refractivity contribution in [1.29, 1.82) is 0 Å². The van der Waals surface area contributed by atoms with Gasteiger partial charge in [-0.2, -0.15) is 0 Å². The molecular formula is C12H21NO3S. The molecule has 0 aromatic heterocycles. The Labute approximate surface area is 103 Å². The number of hydrogen-bond acceptors (Lipinski definition) is 3. The predicted molar refractivity (Wildman–Crippen MR) is 66.5 cm³/mol. The molecule has 1 aliphatic heterocycles. The van der Waals surface area contributed by atoms with Gasteiger partial charge in [-0.05, 0) is 25.7 Å². The highest BCUT2D eigenvalue weighted by Gasteiger charge is 2.41. The molecule has 2 aliphatic rings. The van der Waals surface area contributed by atoms with Crippen molar-refractivity contribution in [2.75, 3.05) is 11.5 Å². The molecule has 1 unspecified atom stereocenters. The van der Waals surface area contributed by atoms with Gasteiger partial charge in [-0.3, -0.25) is 4.79 Å². The molecular weight excluding hydrogens is 238 g/mol. The number of carbonyl (C=O) groups is 1. The molecule has 0 aromatic rings. The van der Waals surface area contributed by atoms with Gasteiger partial charge in [0.25, 0.3) is 0 Å². The van der Waals surface area contributed by atoms with Gasteiger partial charge in [-0.1, -0.05) is 13.3 Å². The fourth-order valence-corrected chi connectivity index (χ4v) is 4.22. The fraction of sp³-hybridized carbons (Fsp3) is 0.917. The lowest BCUT2D eigenvalue weighted by Crippen LogP contribution is -2.42. The molecule has 98 valence electrons. The normalized spacial score (nSPS) is 27.0. The maximum Gasteiger partial charge on any atom is 0.223 e. The number of carbonyl (C=O) groups excluding carboxylic acids is 1. The molecule has 0 spiro atoms. The smallest absolute Gasteiger partial charge is 0.223 e. The monoisotopic (exact) mass is 259 g/mol.